The van der Waals surface area contributed by atoms with Gasteiger partial charge in [0.15, 0.2) is 0 Å². The topological polar surface area (TPSA) is 37.3 Å². The number of aromatic nitrogens is 1. The monoisotopic (exact) mass is 415 g/mol. The number of fused-ring (bicyclic) bond motifs is 3. The van der Waals surface area contributed by atoms with Crippen LogP contribution in [-0.4, -0.2) is 15.5 Å². The van der Waals surface area contributed by atoms with Crippen LogP contribution in [0.1, 0.15) is 22.9 Å². The lowest BCUT2D eigenvalue weighted by Gasteiger charge is -2.31. The number of carbonyl (C=O) groups excluding carboxylic acids is 1. The molecule has 6 heteroatoms. The second-order valence-electron chi connectivity index (χ2n) is 7.43. The molecule has 5 rings (SSSR count). The molecule has 0 saturated carbocycles. The zero-order valence-corrected chi connectivity index (χ0v) is 16.5. The number of nitrogens with one attached hydrogen (secondary N) is 1. The fourth-order valence-electron chi connectivity index (χ4n) is 4.10. The largest absolute Gasteiger partial charge is 0.323 e. The van der Waals surface area contributed by atoms with Crippen LogP contribution in [0.15, 0.2) is 91.1 Å². The first kappa shape index (κ1) is 19.1. The van der Waals surface area contributed by atoms with E-state index in [1.807, 2.05) is 72.9 Å². The summed E-state index contributed by atoms with van der Waals surface area (Å²) in [5, 5.41) is 2.62. The molecule has 4 aromatic rings. The summed E-state index contributed by atoms with van der Waals surface area (Å²) >= 11 is 0. The molecule has 0 fully saturated rings. The molecular weight excluding hydrogens is 396 g/mol. The zero-order valence-electron chi connectivity index (χ0n) is 16.5. The number of hydrogen-bond acceptors (Lipinski definition) is 1. The third-order valence-corrected chi connectivity index (χ3v) is 5.51. The average molecular weight is 415 g/mol. The Labute approximate surface area is 178 Å². The Morgan fingerprint density at radius 1 is 0.903 bits per heavy atom. The van der Waals surface area contributed by atoms with Crippen molar-refractivity contribution >= 4 is 11.7 Å². The number of urea groups is 1. The van der Waals surface area contributed by atoms with Crippen LogP contribution >= 0.6 is 0 Å². The van der Waals surface area contributed by atoms with Crippen molar-refractivity contribution in [1.82, 2.24) is 9.47 Å². The third kappa shape index (κ3) is 3.46. The molecule has 0 aliphatic carbocycles. The van der Waals surface area contributed by atoms with Crippen molar-refractivity contribution in [1.29, 1.82) is 0 Å². The summed E-state index contributed by atoms with van der Waals surface area (Å²) in [6.45, 7) is 0.325. The van der Waals surface area contributed by atoms with Crippen LogP contribution in [0.2, 0.25) is 0 Å². The van der Waals surface area contributed by atoms with Crippen molar-refractivity contribution in [3.63, 3.8) is 0 Å². The van der Waals surface area contributed by atoms with Crippen molar-refractivity contribution < 1.29 is 13.6 Å². The van der Waals surface area contributed by atoms with Crippen LogP contribution in [0.4, 0.5) is 19.3 Å². The number of nitrogens with zero attached hydrogens (tertiary/aromatic N) is 2. The summed E-state index contributed by atoms with van der Waals surface area (Å²) in [5.41, 5.74) is 3.75. The number of anilines is 1. The fraction of sp³-hybridized carbons (Fsp3) is 0.0800. The van der Waals surface area contributed by atoms with E-state index >= 15 is 0 Å². The first-order chi connectivity index (χ1) is 15.1. The van der Waals surface area contributed by atoms with Gasteiger partial charge in [-0.3, -0.25) is 0 Å². The summed E-state index contributed by atoms with van der Waals surface area (Å²) in [4.78, 5) is 15.1. The van der Waals surface area contributed by atoms with Crippen LogP contribution in [-0.2, 0) is 6.54 Å². The molecule has 1 aromatic heterocycles. The first-order valence-corrected chi connectivity index (χ1v) is 9.95. The van der Waals surface area contributed by atoms with Gasteiger partial charge in [0.2, 0.25) is 0 Å². The Hall–Kier alpha value is -3.93. The smallest absolute Gasteiger partial charge is 0.318 e. The maximum Gasteiger partial charge on any atom is 0.323 e. The van der Waals surface area contributed by atoms with Crippen LogP contribution in [0, 0.1) is 11.6 Å². The molecule has 0 unspecified atom stereocenters. The third-order valence-electron chi connectivity index (χ3n) is 5.51. The zero-order chi connectivity index (χ0) is 21.4. The van der Waals surface area contributed by atoms with Gasteiger partial charge in [-0.2, -0.15) is 0 Å². The number of carbonyl (C=O) groups is 1. The highest BCUT2D eigenvalue weighted by atomic mass is 19.1. The van der Waals surface area contributed by atoms with Gasteiger partial charge in [0.1, 0.15) is 11.6 Å². The maximum atomic E-state index is 14.2. The molecular formula is C25H19F2N3O. The van der Waals surface area contributed by atoms with Crippen molar-refractivity contribution in [3.8, 4) is 5.69 Å². The maximum absolute atomic E-state index is 14.2. The van der Waals surface area contributed by atoms with E-state index in [2.05, 4.69) is 9.88 Å². The van der Waals surface area contributed by atoms with E-state index in [0.29, 0.717) is 6.54 Å². The van der Waals surface area contributed by atoms with Crippen LogP contribution in [0.25, 0.3) is 5.69 Å². The van der Waals surface area contributed by atoms with Gasteiger partial charge in [0.05, 0.1) is 24.0 Å². The second-order valence-corrected chi connectivity index (χ2v) is 7.43. The van der Waals surface area contributed by atoms with Crippen molar-refractivity contribution in [2.24, 2.45) is 0 Å². The minimum Gasteiger partial charge on any atom is -0.318 e. The highest BCUT2D eigenvalue weighted by Gasteiger charge is 2.33. The quantitative estimate of drug-likeness (QED) is 0.435. The molecule has 31 heavy (non-hydrogen) atoms. The van der Waals surface area contributed by atoms with Gasteiger partial charge in [0, 0.05) is 18.0 Å². The van der Waals surface area contributed by atoms with E-state index in [1.165, 1.54) is 6.07 Å². The number of para-hydroxylation sites is 1. The molecule has 0 spiro atoms. The number of amides is 2. The Bertz CT molecular complexity index is 1250. The Morgan fingerprint density at radius 3 is 2.48 bits per heavy atom. The lowest BCUT2D eigenvalue weighted by molar-refractivity contribution is 0.194. The Kier molecular flexibility index (Phi) is 4.75. The van der Waals surface area contributed by atoms with E-state index in [-0.39, 0.29) is 5.69 Å². The van der Waals surface area contributed by atoms with Crippen molar-refractivity contribution in [2.45, 2.75) is 12.6 Å². The van der Waals surface area contributed by atoms with Crippen molar-refractivity contribution in [2.75, 3.05) is 5.32 Å². The van der Waals surface area contributed by atoms with E-state index < -0.39 is 23.7 Å². The Balaban J connectivity index is 1.62. The van der Waals surface area contributed by atoms with Gasteiger partial charge in [-0.25, -0.2) is 13.6 Å². The van der Waals surface area contributed by atoms with Gasteiger partial charge in [-0.05, 0) is 41.5 Å². The SMILES string of the molecule is O=C(Nc1ccc(F)cc1F)N1Cc2ccccc2-n2cccc2[C@H]1c1ccccc1. The molecule has 2 heterocycles. The van der Waals surface area contributed by atoms with Gasteiger partial charge in [0.25, 0.3) is 0 Å². The number of benzene rings is 3. The molecule has 1 atom stereocenters. The predicted octanol–water partition coefficient (Wildman–Crippen LogP) is 5.89. The van der Waals surface area contributed by atoms with E-state index in [9.17, 15) is 13.6 Å². The normalized spacial score (nSPS) is 15.0. The molecule has 1 aliphatic rings. The molecule has 154 valence electrons. The van der Waals surface area contributed by atoms with Crippen molar-refractivity contribution in [3.05, 3.63) is 120 Å². The van der Waals surface area contributed by atoms with Gasteiger partial charge in [-0.15, -0.1) is 0 Å². The fourth-order valence-corrected chi connectivity index (χ4v) is 4.10. The summed E-state index contributed by atoms with van der Waals surface area (Å²) in [6, 6.07) is 23.8. The lowest BCUT2D eigenvalue weighted by atomic mass is 10.0. The molecule has 1 N–H and O–H groups in total. The number of hydrogen-bond donors (Lipinski definition) is 1. The van der Waals surface area contributed by atoms with E-state index in [0.717, 1.165) is 34.6 Å². The van der Waals surface area contributed by atoms with Crippen LogP contribution in [0.5, 0.6) is 0 Å². The molecule has 4 nitrogen and oxygen atoms in total. The van der Waals surface area contributed by atoms with Gasteiger partial charge < -0.3 is 14.8 Å². The second kappa shape index (κ2) is 7.72. The van der Waals surface area contributed by atoms with Crippen LogP contribution in [0.3, 0.4) is 0 Å². The van der Waals surface area contributed by atoms with E-state index in [4.69, 9.17) is 0 Å². The van der Waals surface area contributed by atoms with Gasteiger partial charge in [-0.1, -0.05) is 48.5 Å². The summed E-state index contributed by atoms with van der Waals surface area (Å²) in [7, 11) is 0. The molecule has 0 radical (unpaired) electrons. The minimum atomic E-state index is -0.816. The average Bonchev–Trinajstić information content (AvgIpc) is 3.20. The summed E-state index contributed by atoms with van der Waals surface area (Å²) < 4.78 is 29.6. The summed E-state index contributed by atoms with van der Waals surface area (Å²) in [6.07, 6.45) is 1.98. The summed E-state index contributed by atoms with van der Waals surface area (Å²) in [5.74, 6) is -1.51. The molecule has 2 amide bonds. The van der Waals surface area contributed by atoms with E-state index in [1.54, 1.807) is 4.90 Å². The standard InChI is InChI=1S/C25H19F2N3O/c26-19-12-13-21(20(27)15-19)28-25(31)30-16-18-9-4-5-10-22(18)29-14-6-11-23(29)24(30)17-7-2-1-3-8-17/h1-15,24H,16H2,(H,28,31)/t24-/m1/s1. The first-order valence-electron chi connectivity index (χ1n) is 9.95. The molecule has 0 saturated heterocycles. The molecule has 1 aliphatic heterocycles. The molecule has 0 bridgehead atoms. The molecule has 3 aromatic carbocycles. The Morgan fingerprint density at radius 2 is 1.68 bits per heavy atom. The number of rotatable bonds is 2. The number of halogens is 2. The highest BCUT2D eigenvalue weighted by molar-refractivity contribution is 5.90. The van der Waals surface area contributed by atoms with Crippen LogP contribution < -0.4 is 5.32 Å². The lowest BCUT2D eigenvalue weighted by Crippen LogP contribution is -2.38. The highest BCUT2D eigenvalue weighted by Crippen LogP contribution is 2.36. The minimum absolute atomic E-state index is 0.0638. The predicted molar refractivity (Wildman–Crippen MR) is 115 cm³/mol. The van der Waals surface area contributed by atoms with Gasteiger partial charge >= 0.3 is 6.03 Å².